The summed E-state index contributed by atoms with van der Waals surface area (Å²) in [5.41, 5.74) is 2.34. The van der Waals surface area contributed by atoms with Gasteiger partial charge >= 0.3 is 0 Å². The van der Waals surface area contributed by atoms with Crippen molar-refractivity contribution in [3.63, 3.8) is 0 Å². The fourth-order valence-corrected chi connectivity index (χ4v) is 3.07. The van der Waals surface area contributed by atoms with Gasteiger partial charge in [-0.05, 0) is 35.8 Å². The van der Waals surface area contributed by atoms with Crippen LogP contribution in [0.2, 0.25) is 0 Å². The third-order valence-corrected chi connectivity index (χ3v) is 4.63. The largest absolute Gasteiger partial charge is 0.296 e. The molecule has 84 valence electrons. The first-order valence-corrected chi connectivity index (χ1v) is 6.83. The smallest absolute Gasteiger partial charge is 0.0739 e. The molecule has 1 saturated heterocycles. The lowest BCUT2D eigenvalue weighted by molar-refractivity contribution is 0.321. The van der Waals surface area contributed by atoms with E-state index < -0.39 is 0 Å². The zero-order valence-electron chi connectivity index (χ0n) is 9.00. The molecule has 2 rings (SSSR count). The van der Waals surface area contributed by atoms with Crippen LogP contribution in [0.4, 0.5) is 0 Å². The zero-order valence-corrected chi connectivity index (χ0v) is 12.2. The summed E-state index contributed by atoms with van der Waals surface area (Å²) in [4.78, 5) is 3.12. The third-order valence-electron chi connectivity index (χ3n) is 2.85. The molecule has 1 fully saturated rings. The van der Waals surface area contributed by atoms with Gasteiger partial charge in [-0.3, -0.25) is 9.58 Å². The molecule has 1 aromatic rings. The summed E-state index contributed by atoms with van der Waals surface area (Å²) >= 11 is 7.26. The van der Waals surface area contributed by atoms with Crippen LogP contribution in [0.5, 0.6) is 0 Å². The van der Waals surface area contributed by atoms with Crippen LogP contribution in [0.3, 0.4) is 0 Å². The van der Waals surface area contributed by atoms with Crippen molar-refractivity contribution in [2.24, 2.45) is 7.05 Å². The normalized spacial score (nSPS) is 22.5. The lowest BCUT2D eigenvalue weighted by Crippen LogP contribution is -2.21. The Bertz CT molecular complexity index is 362. The molecular formula is C10H15Br2N3. The molecule has 1 unspecified atom stereocenters. The van der Waals surface area contributed by atoms with Gasteiger partial charge in [-0.15, -0.1) is 0 Å². The minimum absolute atomic E-state index is 0.658. The monoisotopic (exact) mass is 335 g/mol. The van der Waals surface area contributed by atoms with Crippen LogP contribution >= 0.6 is 31.9 Å². The van der Waals surface area contributed by atoms with Gasteiger partial charge in [0.15, 0.2) is 0 Å². The molecule has 1 aliphatic heterocycles. The van der Waals surface area contributed by atoms with Gasteiger partial charge in [-0.2, -0.15) is 5.10 Å². The summed E-state index contributed by atoms with van der Waals surface area (Å²) in [6, 6.07) is 0. The molecule has 0 bridgehead atoms. The molecule has 0 radical (unpaired) electrons. The van der Waals surface area contributed by atoms with Gasteiger partial charge in [0.25, 0.3) is 0 Å². The van der Waals surface area contributed by atoms with Gasteiger partial charge in [0.05, 0.1) is 15.9 Å². The molecule has 2 heterocycles. The van der Waals surface area contributed by atoms with Crippen molar-refractivity contribution in [2.45, 2.75) is 24.7 Å². The van der Waals surface area contributed by atoms with Crippen LogP contribution in [0.25, 0.3) is 0 Å². The van der Waals surface area contributed by atoms with E-state index in [4.69, 9.17) is 0 Å². The quantitative estimate of drug-likeness (QED) is 0.773. The Morgan fingerprint density at radius 1 is 1.53 bits per heavy atom. The van der Waals surface area contributed by atoms with Crippen molar-refractivity contribution in [1.29, 1.82) is 0 Å². The fraction of sp³-hybridized carbons (Fsp3) is 0.700. The first-order valence-electron chi connectivity index (χ1n) is 5.12. The number of aromatic nitrogens is 2. The standard InChI is InChI=1S/C10H15Br2N3/c1-7-10(12)9(14(2)13-7)6-15-4-3-8(11)5-15/h8H,3-6H2,1-2H3. The zero-order chi connectivity index (χ0) is 11.0. The molecule has 1 atom stereocenters. The molecule has 0 amide bonds. The molecule has 15 heavy (non-hydrogen) atoms. The van der Waals surface area contributed by atoms with Gasteiger partial charge in [0, 0.05) is 25.0 Å². The van der Waals surface area contributed by atoms with E-state index in [9.17, 15) is 0 Å². The van der Waals surface area contributed by atoms with Crippen LogP contribution in [0.15, 0.2) is 4.47 Å². The van der Waals surface area contributed by atoms with Crippen LogP contribution < -0.4 is 0 Å². The van der Waals surface area contributed by atoms with Gasteiger partial charge in [0.2, 0.25) is 0 Å². The Hall–Kier alpha value is 0.130. The van der Waals surface area contributed by atoms with E-state index in [1.165, 1.54) is 18.7 Å². The summed E-state index contributed by atoms with van der Waals surface area (Å²) < 4.78 is 3.13. The van der Waals surface area contributed by atoms with Crippen LogP contribution in [0, 0.1) is 6.92 Å². The number of rotatable bonds is 2. The predicted octanol–water partition coefficient (Wildman–Crippen LogP) is 2.46. The topological polar surface area (TPSA) is 21.1 Å². The summed E-state index contributed by atoms with van der Waals surface area (Å²) in [6.45, 7) is 5.33. The van der Waals surface area contributed by atoms with Crippen LogP contribution in [0.1, 0.15) is 17.8 Å². The molecule has 0 aliphatic carbocycles. The Labute approximate surface area is 107 Å². The Kier molecular flexibility index (Phi) is 3.52. The van der Waals surface area contributed by atoms with E-state index in [-0.39, 0.29) is 0 Å². The minimum atomic E-state index is 0.658. The van der Waals surface area contributed by atoms with Gasteiger partial charge in [-0.25, -0.2) is 0 Å². The van der Waals surface area contributed by atoms with Crippen molar-refractivity contribution in [3.05, 3.63) is 15.9 Å². The maximum atomic E-state index is 4.40. The van der Waals surface area contributed by atoms with E-state index >= 15 is 0 Å². The van der Waals surface area contributed by atoms with Gasteiger partial charge < -0.3 is 0 Å². The van der Waals surface area contributed by atoms with Crippen LogP contribution in [-0.2, 0) is 13.6 Å². The Morgan fingerprint density at radius 2 is 2.27 bits per heavy atom. The van der Waals surface area contributed by atoms with Crippen LogP contribution in [-0.4, -0.2) is 32.6 Å². The highest BCUT2D eigenvalue weighted by Crippen LogP contribution is 2.24. The minimum Gasteiger partial charge on any atom is -0.296 e. The second kappa shape index (κ2) is 4.55. The maximum absolute atomic E-state index is 4.40. The van der Waals surface area contributed by atoms with Gasteiger partial charge in [-0.1, -0.05) is 15.9 Å². The summed E-state index contributed by atoms with van der Waals surface area (Å²) in [7, 11) is 2.01. The summed E-state index contributed by atoms with van der Waals surface area (Å²) in [5.74, 6) is 0. The molecule has 1 aliphatic rings. The average molecular weight is 337 g/mol. The number of nitrogens with zero attached hydrogens (tertiary/aromatic N) is 3. The van der Waals surface area contributed by atoms with E-state index in [2.05, 4.69) is 41.9 Å². The second-order valence-electron chi connectivity index (χ2n) is 4.09. The molecular weight excluding hydrogens is 322 g/mol. The summed E-state index contributed by atoms with van der Waals surface area (Å²) in [5, 5.41) is 4.40. The number of halogens is 2. The van der Waals surface area contributed by atoms with E-state index in [1.54, 1.807) is 0 Å². The van der Waals surface area contributed by atoms with Crippen molar-refractivity contribution in [3.8, 4) is 0 Å². The lowest BCUT2D eigenvalue weighted by Gasteiger charge is -2.15. The molecule has 0 spiro atoms. The average Bonchev–Trinajstić information content (AvgIpc) is 2.67. The summed E-state index contributed by atoms with van der Waals surface area (Å²) in [6.07, 6.45) is 1.24. The van der Waals surface area contributed by atoms with Crippen molar-refractivity contribution < 1.29 is 0 Å². The van der Waals surface area contributed by atoms with Crippen molar-refractivity contribution >= 4 is 31.9 Å². The second-order valence-corrected chi connectivity index (χ2v) is 6.18. The highest BCUT2D eigenvalue weighted by Gasteiger charge is 2.22. The first-order chi connectivity index (χ1) is 7.08. The number of aryl methyl sites for hydroxylation is 2. The third kappa shape index (κ3) is 2.45. The van der Waals surface area contributed by atoms with Crippen molar-refractivity contribution in [1.82, 2.24) is 14.7 Å². The van der Waals surface area contributed by atoms with E-state index in [1.807, 2.05) is 18.7 Å². The number of likely N-dealkylation sites (tertiary alicyclic amines) is 1. The highest BCUT2D eigenvalue weighted by atomic mass is 79.9. The molecule has 3 nitrogen and oxygen atoms in total. The lowest BCUT2D eigenvalue weighted by atomic mass is 10.3. The number of hydrogen-bond acceptors (Lipinski definition) is 2. The predicted molar refractivity (Wildman–Crippen MR) is 68.3 cm³/mol. The van der Waals surface area contributed by atoms with Gasteiger partial charge in [0.1, 0.15) is 0 Å². The Morgan fingerprint density at radius 3 is 2.73 bits per heavy atom. The molecule has 0 saturated carbocycles. The molecule has 5 heteroatoms. The molecule has 0 N–H and O–H groups in total. The fourth-order valence-electron chi connectivity index (χ4n) is 1.99. The Balaban J connectivity index is 2.10. The van der Waals surface area contributed by atoms with Crippen molar-refractivity contribution in [2.75, 3.05) is 13.1 Å². The number of hydrogen-bond donors (Lipinski definition) is 0. The maximum Gasteiger partial charge on any atom is 0.0739 e. The number of alkyl halides is 1. The highest BCUT2D eigenvalue weighted by molar-refractivity contribution is 9.10. The van der Waals surface area contributed by atoms with E-state index in [0.717, 1.165) is 23.3 Å². The van der Waals surface area contributed by atoms with E-state index in [0.29, 0.717) is 4.83 Å². The SMILES string of the molecule is Cc1nn(C)c(CN2CCC(Br)C2)c1Br. The first kappa shape index (κ1) is 11.6. The molecule has 0 aromatic carbocycles. The molecule has 1 aromatic heterocycles.